The summed E-state index contributed by atoms with van der Waals surface area (Å²) in [6.45, 7) is 2.05. The van der Waals surface area contributed by atoms with Gasteiger partial charge in [0, 0.05) is 15.6 Å². The Labute approximate surface area is 98.9 Å². The van der Waals surface area contributed by atoms with Crippen LogP contribution < -0.4 is 10.5 Å². The zero-order valence-electron chi connectivity index (χ0n) is 9.14. The number of rotatable bonds is 2. The quantitative estimate of drug-likeness (QED) is 0.896. The molecular formula is C12H16BrNO. The Morgan fingerprint density at radius 3 is 2.53 bits per heavy atom. The number of aryl methyl sites for hydroxylation is 1. The van der Waals surface area contributed by atoms with E-state index in [0.717, 1.165) is 34.2 Å². The van der Waals surface area contributed by atoms with Crippen molar-refractivity contribution in [3.63, 3.8) is 0 Å². The minimum Gasteiger partial charge on any atom is -0.496 e. The van der Waals surface area contributed by atoms with Crippen molar-refractivity contribution in [2.45, 2.75) is 31.7 Å². The molecule has 0 aromatic heterocycles. The lowest BCUT2D eigenvalue weighted by atomic mass is 9.72. The van der Waals surface area contributed by atoms with Crippen LogP contribution in [0.25, 0.3) is 0 Å². The maximum absolute atomic E-state index is 6.36. The lowest BCUT2D eigenvalue weighted by Gasteiger charge is -2.40. The second kappa shape index (κ2) is 3.80. The van der Waals surface area contributed by atoms with Crippen molar-refractivity contribution >= 4 is 15.9 Å². The highest BCUT2D eigenvalue weighted by Gasteiger charge is 2.38. The maximum Gasteiger partial charge on any atom is 0.127 e. The molecule has 1 aliphatic rings. The van der Waals surface area contributed by atoms with Crippen LogP contribution in [0.5, 0.6) is 5.75 Å². The van der Waals surface area contributed by atoms with E-state index in [1.807, 2.05) is 0 Å². The highest BCUT2D eigenvalue weighted by atomic mass is 79.9. The Balaban J connectivity index is 2.57. The highest BCUT2D eigenvalue weighted by Crippen LogP contribution is 2.46. The number of hydrogen-bond acceptors (Lipinski definition) is 2. The van der Waals surface area contributed by atoms with Gasteiger partial charge < -0.3 is 10.5 Å². The van der Waals surface area contributed by atoms with Gasteiger partial charge in [-0.25, -0.2) is 0 Å². The Morgan fingerprint density at radius 1 is 1.40 bits per heavy atom. The van der Waals surface area contributed by atoms with Crippen LogP contribution in [-0.4, -0.2) is 7.11 Å². The van der Waals surface area contributed by atoms with Gasteiger partial charge in [-0.05, 0) is 37.8 Å². The summed E-state index contributed by atoms with van der Waals surface area (Å²) in [7, 11) is 1.71. The van der Waals surface area contributed by atoms with Crippen LogP contribution in [-0.2, 0) is 5.54 Å². The van der Waals surface area contributed by atoms with E-state index in [2.05, 4.69) is 35.0 Å². The van der Waals surface area contributed by atoms with Crippen LogP contribution in [0.15, 0.2) is 16.6 Å². The molecule has 2 rings (SSSR count). The summed E-state index contributed by atoms with van der Waals surface area (Å²) in [5, 5.41) is 0. The molecule has 2 nitrogen and oxygen atoms in total. The fourth-order valence-corrected chi connectivity index (χ4v) is 2.90. The second-order valence-corrected chi connectivity index (χ2v) is 5.14. The lowest BCUT2D eigenvalue weighted by Crippen LogP contribution is -2.44. The molecule has 82 valence electrons. The normalized spacial score (nSPS) is 18.4. The predicted octanol–water partition coefficient (Wildman–Crippen LogP) is 3.10. The summed E-state index contributed by atoms with van der Waals surface area (Å²) < 4.78 is 6.53. The van der Waals surface area contributed by atoms with Crippen molar-refractivity contribution in [2.75, 3.05) is 7.11 Å². The van der Waals surface area contributed by atoms with E-state index < -0.39 is 0 Å². The van der Waals surface area contributed by atoms with Crippen molar-refractivity contribution < 1.29 is 4.74 Å². The minimum atomic E-state index is -0.184. The molecule has 1 fully saturated rings. The number of benzene rings is 1. The topological polar surface area (TPSA) is 35.2 Å². The van der Waals surface area contributed by atoms with E-state index in [1.165, 1.54) is 6.42 Å². The molecule has 1 aliphatic carbocycles. The third-order valence-corrected chi connectivity index (χ3v) is 3.91. The van der Waals surface area contributed by atoms with Crippen LogP contribution >= 0.6 is 15.9 Å². The van der Waals surface area contributed by atoms with Crippen LogP contribution in [0.4, 0.5) is 0 Å². The van der Waals surface area contributed by atoms with E-state index in [1.54, 1.807) is 7.11 Å². The van der Waals surface area contributed by atoms with Crippen molar-refractivity contribution in [3.8, 4) is 5.75 Å². The van der Waals surface area contributed by atoms with E-state index >= 15 is 0 Å². The van der Waals surface area contributed by atoms with Crippen LogP contribution in [0, 0.1) is 6.92 Å². The van der Waals surface area contributed by atoms with Gasteiger partial charge >= 0.3 is 0 Å². The van der Waals surface area contributed by atoms with E-state index in [0.29, 0.717) is 0 Å². The van der Waals surface area contributed by atoms with Gasteiger partial charge in [0.25, 0.3) is 0 Å². The first-order valence-corrected chi connectivity index (χ1v) is 6.00. The summed E-state index contributed by atoms with van der Waals surface area (Å²) in [6.07, 6.45) is 3.30. The molecule has 0 aliphatic heterocycles. The average Bonchev–Trinajstić information content (AvgIpc) is 2.17. The maximum atomic E-state index is 6.36. The van der Waals surface area contributed by atoms with Crippen molar-refractivity contribution in [3.05, 3.63) is 27.7 Å². The van der Waals surface area contributed by atoms with Gasteiger partial charge in [-0.15, -0.1) is 0 Å². The van der Waals surface area contributed by atoms with Gasteiger partial charge in [-0.3, -0.25) is 0 Å². The SMILES string of the molecule is COc1c(C)ccc(Br)c1C1(N)CCC1. The van der Waals surface area contributed by atoms with Crippen LogP contribution in [0.1, 0.15) is 30.4 Å². The number of ether oxygens (including phenoxy) is 1. The molecule has 15 heavy (non-hydrogen) atoms. The molecule has 1 saturated carbocycles. The van der Waals surface area contributed by atoms with Crippen molar-refractivity contribution in [2.24, 2.45) is 5.73 Å². The summed E-state index contributed by atoms with van der Waals surface area (Å²) in [4.78, 5) is 0. The monoisotopic (exact) mass is 269 g/mol. The molecule has 1 aromatic carbocycles. The number of methoxy groups -OCH3 is 1. The van der Waals surface area contributed by atoms with Crippen molar-refractivity contribution in [1.29, 1.82) is 0 Å². The molecule has 0 unspecified atom stereocenters. The van der Waals surface area contributed by atoms with Crippen molar-refractivity contribution in [1.82, 2.24) is 0 Å². The molecule has 3 heteroatoms. The molecule has 0 heterocycles. The fraction of sp³-hybridized carbons (Fsp3) is 0.500. The lowest BCUT2D eigenvalue weighted by molar-refractivity contribution is 0.242. The Hall–Kier alpha value is -0.540. The molecule has 0 saturated heterocycles. The van der Waals surface area contributed by atoms with Gasteiger partial charge in [0.05, 0.1) is 7.11 Å². The Bertz CT molecular complexity index is 385. The summed E-state index contributed by atoms with van der Waals surface area (Å²) in [5.74, 6) is 0.937. The first-order chi connectivity index (χ1) is 7.08. The second-order valence-electron chi connectivity index (χ2n) is 4.28. The summed E-state index contributed by atoms with van der Waals surface area (Å²) in [6, 6.07) is 4.11. The number of hydrogen-bond donors (Lipinski definition) is 1. The van der Waals surface area contributed by atoms with Crippen LogP contribution in [0.2, 0.25) is 0 Å². The molecule has 0 bridgehead atoms. The predicted molar refractivity (Wildman–Crippen MR) is 65.1 cm³/mol. The summed E-state index contributed by atoms with van der Waals surface area (Å²) in [5.41, 5.74) is 8.46. The average molecular weight is 270 g/mol. The number of nitrogens with two attached hydrogens (primary N) is 1. The third kappa shape index (κ3) is 1.68. The molecule has 2 N–H and O–H groups in total. The molecule has 0 spiro atoms. The van der Waals surface area contributed by atoms with Gasteiger partial charge in [0.2, 0.25) is 0 Å². The highest BCUT2D eigenvalue weighted by molar-refractivity contribution is 9.10. The first kappa shape index (κ1) is 11.0. The smallest absolute Gasteiger partial charge is 0.127 e. The standard InChI is InChI=1S/C12H16BrNO/c1-8-4-5-9(13)10(11(8)15-2)12(14)6-3-7-12/h4-5H,3,6-7,14H2,1-2H3. The minimum absolute atomic E-state index is 0.184. The number of halogens is 1. The first-order valence-electron chi connectivity index (χ1n) is 5.21. The third-order valence-electron chi connectivity index (χ3n) is 3.25. The molecular weight excluding hydrogens is 254 g/mol. The molecule has 0 amide bonds. The van der Waals surface area contributed by atoms with Gasteiger partial charge in [-0.1, -0.05) is 22.0 Å². The molecule has 0 atom stereocenters. The summed E-state index contributed by atoms with van der Waals surface area (Å²) >= 11 is 3.57. The van der Waals surface area contributed by atoms with E-state index in [4.69, 9.17) is 10.5 Å². The Kier molecular flexibility index (Phi) is 2.77. The zero-order chi connectivity index (χ0) is 11.1. The fourth-order valence-electron chi connectivity index (χ4n) is 2.20. The van der Waals surface area contributed by atoms with Gasteiger partial charge in [0.1, 0.15) is 5.75 Å². The van der Waals surface area contributed by atoms with E-state index in [-0.39, 0.29) is 5.54 Å². The molecule has 1 aromatic rings. The van der Waals surface area contributed by atoms with Crippen LogP contribution in [0.3, 0.4) is 0 Å². The largest absolute Gasteiger partial charge is 0.496 e. The zero-order valence-corrected chi connectivity index (χ0v) is 10.7. The van der Waals surface area contributed by atoms with Gasteiger partial charge in [-0.2, -0.15) is 0 Å². The van der Waals surface area contributed by atoms with Gasteiger partial charge in [0.15, 0.2) is 0 Å². The molecule has 0 radical (unpaired) electrons. The Morgan fingerprint density at radius 2 is 2.07 bits per heavy atom. The van der Waals surface area contributed by atoms with E-state index in [9.17, 15) is 0 Å².